The number of hydrogen-bond donors (Lipinski definition) is 0. The number of nitrogens with zero attached hydrogens (tertiary/aromatic N) is 4. The summed E-state index contributed by atoms with van der Waals surface area (Å²) >= 11 is 0. The highest BCUT2D eigenvalue weighted by Crippen LogP contribution is 2.19. The topological polar surface area (TPSA) is 58.4 Å². The van der Waals surface area contributed by atoms with Crippen LogP contribution in [-0.2, 0) is 23.0 Å². The van der Waals surface area contributed by atoms with Crippen molar-refractivity contribution >= 4 is 10.0 Å². The van der Waals surface area contributed by atoms with Crippen molar-refractivity contribution in [2.75, 3.05) is 32.7 Å². The van der Waals surface area contributed by atoms with Gasteiger partial charge in [-0.1, -0.05) is 25.5 Å². The Morgan fingerprint density at radius 3 is 2.31 bits per heavy atom. The number of aromatic nitrogens is 2. The standard InChI is InChI=1S/C19H28N4O2S/c1-3-4-18-5-7-19(8-6-18)26(24,25)23-15-12-21(13-16-23)11-14-22-10-9-20-17(22)2/h5-10H,3-4,11-16H2,1-2H3. The molecule has 6 nitrogen and oxygen atoms in total. The molecule has 0 atom stereocenters. The molecule has 0 bridgehead atoms. The summed E-state index contributed by atoms with van der Waals surface area (Å²) in [5.41, 5.74) is 1.19. The average Bonchev–Trinajstić information content (AvgIpc) is 3.06. The Labute approximate surface area is 156 Å². The van der Waals surface area contributed by atoms with Gasteiger partial charge in [0.25, 0.3) is 0 Å². The monoisotopic (exact) mass is 376 g/mol. The molecule has 0 unspecified atom stereocenters. The van der Waals surface area contributed by atoms with E-state index in [-0.39, 0.29) is 0 Å². The maximum Gasteiger partial charge on any atom is 0.243 e. The molecule has 142 valence electrons. The third kappa shape index (κ3) is 4.34. The quantitative estimate of drug-likeness (QED) is 0.743. The third-order valence-electron chi connectivity index (χ3n) is 5.01. The fourth-order valence-electron chi connectivity index (χ4n) is 3.35. The first-order valence-corrected chi connectivity index (χ1v) is 10.7. The Bertz CT molecular complexity index is 806. The molecule has 1 aliphatic rings. The van der Waals surface area contributed by atoms with Gasteiger partial charge in [0.2, 0.25) is 10.0 Å². The van der Waals surface area contributed by atoms with Crippen LogP contribution in [0.5, 0.6) is 0 Å². The Morgan fingerprint density at radius 1 is 1.04 bits per heavy atom. The van der Waals surface area contributed by atoms with E-state index in [9.17, 15) is 8.42 Å². The van der Waals surface area contributed by atoms with Crippen LogP contribution < -0.4 is 0 Å². The van der Waals surface area contributed by atoms with Crippen LogP contribution in [0.3, 0.4) is 0 Å². The predicted octanol–water partition coefficient (Wildman–Crippen LogP) is 2.15. The van der Waals surface area contributed by atoms with Crippen LogP contribution >= 0.6 is 0 Å². The third-order valence-corrected chi connectivity index (χ3v) is 6.92. The van der Waals surface area contributed by atoms with Crippen molar-refractivity contribution in [1.29, 1.82) is 0 Å². The number of hydrogen-bond acceptors (Lipinski definition) is 4. The minimum absolute atomic E-state index is 0.403. The Hall–Kier alpha value is -1.70. The van der Waals surface area contributed by atoms with Gasteiger partial charge in [-0.05, 0) is 31.0 Å². The highest BCUT2D eigenvalue weighted by molar-refractivity contribution is 7.89. The summed E-state index contributed by atoms with van der Waals surface area (Å²) in [6, 6.07) is 7.35. The zero-order chi connectivity index (χ0) is 18.6. The highest BCUT2D eigenvalue weighted by atomic mass is 32.2. The van der Waals surface area contributed by atoms with Gasteiger partial charge < -0.3 is 4.57 Å². The van der Waals surface area contributed by atoms with Crippen molar-refractivity contribution in [1.82, 2.24) is 18.8 Å². The molecule has 3 rings (SSSR count). The van der Waals surface area contributed by atoms with E-state index < -0.39 is 10.0 Å². The summed E-state index contributed by atoms with van der Waals surface area (Å²) in [6.45, 7) is 8.54. The molecule has 0 radical (unpaired) electrons. The fraction of sp³-hybridized carbons (Fsp3) is 0.526. The molecule has 2 heterocycles. The van der Waals surface area contributed by atoms with Crippen molar-refractivity contribution in [2.45, 2.75) is 38.1 Å². The fourth-order valence-corrected chi connectivity index (χ4v) is 4.77. The minimum Gasteiger partial charge on any atom is -0.334 e. The van der Waals surface area contributed by atoms with Gasteiger partial charge in [-0.15, -0.1) is 0 Å². The maximum absolute atomic E-state index is 12.8. The molecule has 0 N–H and O–H groups in total. The first-order valence-electron chi connectivity index (χ1n) is 9.30. The lowest BCUT2D eigenvalue weighted by Gasteiger charge is -2.34. The summed E-state index contributed by atoms with van der Waals surface area (Å²) in [4.78, 5) is 6.95. The summed E-state index contributed by atoms with van der Waals surface area (Å²) in [5.74, 6) is 1.01. The van der Waals surface area contributed by atoms with Crippen LogP contribution in [0.4, 0.5) is 0 Å². The van der Waals surface area contributed by atoms with Gasteiger partial charge >= 0.3 is 0 Å². The first-order chi connectivity index (χ1) is 12.5. The van der Waals surface area contributed by atoms with Crippen molar-refractivity contribution in [2.24, 2.45) is 0 Å². The van der Waals surface area contributed by atoms with E-state index in [2.05, 4.69) is 21.4 Å². The smallest absolute Gasteiger partial charge is 0.243 e. The number of sulfonamides is 1. The van der Waals surface area contributed by atoms with E-state index in [0.29, 0.717) is 18.0 Å². The van der Waals surface area contributed by atoms with E-state index in [1.165, 1.54) is 5.56 Å². The number of piperazine rings is 1. The van der Waals surface area contributed by atoms with Crippen LogP contribution in [0.1, 0.15) is 24.7 Å². The summed E-state index contributed by atoms with van der Waals surface area (Å²) in [7, 11) is -3.39. The molecular weight excluding hydrogens is 348 g/mol. The Kier molecular flexibility index (Phi) is 6.11. The van der Waals surface area contributed by atoms with E-state index in [1.54, 1.807) is 16.4 Å². The second kappa shape index (κ2) is 8.33. The van der Waals surface area contributed by atoms with Crippen molar-refractivity contribution in [3.8, 4) is 0 Å². The molecule has 1 aromatic carbocycles. The van der Waals surface area contributed by atoms with Crippen molar-refractivity contribution in [3.63, 3.8) is 0 Å². The maximum atomic E-state index is 12.8. The highest BCUT2D eigenvalue weighted by Gasteiger charge is 2.28. The molecule has 1 aliphatic heterocycles. The SMILES string of the molecule is CCCc1ccc(S(=O)(=O)N2CCN(CCn3ccnc3C)CC2)cc1. The zero-order valence-corrected chi connectivity index (χ0v) is 16.5. The second-order valence-electron chi connectivity index (χ2n) is 6.81. The molecule has 2 aromatic rings. The Balaban J connectivity index is 1.55. The molecule has 1 saturated heterocycles. The lowest BCUT2D eigenvalue weighted by Crippen LogP contribution is -2.49. The van der Waals surface area contributed by atoms with Crippen molar-refractivity contribution in [3.05, 3.63) is 48.0 Å². The lowest BCUT2D eigenvalue weighted by molar-refractivity contribution is 0.182. The first kappa shape index (κ1) is 19.1. The van der Waals surface area contributed by atoms with Gasteiger partial charge in [0, 0.05) is 51.7 Å². The van der Waals surface area contributed by atoms with Gasteiger partial charge in [0.15, 0.2) is 0 Å². The summed E-state index contributed by atoms with van der Waals surface area (Å²) < 4.78 is 29.4. The molecule has 7 heteroatoms. The molecule has 0 aliphatic carbocycles. The molecule has 0 spiro atoms. The normalized spacial score (nSPS) is 16.8. The van der Waals surface area contributed by atoms with Crippen LogP contribution in [0.25, 0.3) is 0 Å². The zero-order valence-electron chi connectivity index (χ0n) is 15.6. The lowest BCUT2D eigenvalue weighted by atomic mass is 10.1. The summed E-state index contributed by atoms with van der Waals surface area (Å²) in [5, 5.41) is 0. The number of imidazole rings is 1. The molecule has 1 fully saturated rings. The van der Waals surface area contributed by atoms with Crippen LogP contribution in [0.2, 0.25) is 0 Å². The molecular formula is C19H28N4O2S. The van der Waals surface area contributed by atoms with E-state index in [1.807, 2.05) is 31.5 Å². The molecule has 26 heavy (non-hydrogen) atoms. The predicted molar refractivity (Wildman–Crippen MR) is 103 cm³/mol. The molecule has 1 aromatic heterocycles. The van der Waals surface area contributed by atoms with E-state index in [4.69, 9.17) is 0 Å². The van der Waals surface area contributed by atoms with Gasteiger partial charge in [0.1, 0.15) is 5.82 Å². The van der Waals surface area contributed by atoms with Crippen molar-refractivity contribution < 1.29 is 8.42 Å². The van der Waals surface area contributed by atoms with Crippen LogP contribution in [0, 0.1) is 6.92 Å². The average molecular weight is 377 g/mol. The number of rotatable bonds is 7. The van der Waals surface area contributed by atoms with Gasteiger partial charge in [-0.25, -0.2) is 13.4 Å². The van der Waals surface area contributed by atoms with Gasteiger partial charge in [-0.3, -0.25) is 4.90 Å². The van der Waals surface area contributed by atoms with Gasteiger partial charge in [-0.2, -0.15) is 4.31 Å². The number of aryl methyl sites for hydroxylation is 2. The van der Waals surface area contributed by atoms with Crippen LogP contribution in [0.15, 0.2) is 41.6 Å². The van der Waals surface area contributed by atoms with Crippen LogP contribution in [-0.4, -0.2) is 59.9 Å². The summed E-state index contributed by atoms with van der Waals surface area (Å²) in [6.07, 6.45) is 5.84. The molecule has 0 amide bonds. The second-order valence-corrected chi connectivity index (χ2v) is 8.75. The molecule has 0 saturated carbocycles. The largest absolute Gasteiger partial charge is 0.334 e. The minimum atomic E-state index is -3.39. The Morgan fingerprint density at radius 2 is 1.73 bits per heavy atom. The van der Waals surface area contributed by atoms with E-state index >= 15 is 0 Å². The van der Waals surface area contributed by atoms with Gasteiger partial charge in [0.05, 0.1) is 4.90 Å². The van der Waals surface area contributed by atoms with E-state index in [0.717, 1.165) is 44.8 Å². The number of benzene rings is 1.